The summed E-state index contributed by atoms with van der Waals surface area (Å²) in [6, 6.07) is 1.94. The zero-order chi connectivity index (χ0) is 20.4. The maximum atomic E-state index is 12.3. The van der Waals surface area contributed by atoms with E-state index in [9.17, 15) is 4.79 Å². The molecule has 0 atom stereocenters. The number of carbonyl (C=O) groups is 2. The molecule has 1 aliphatic rings. The van der Waals surface area contributed by atoms with Crippen LogP contribution in [0.2, 0.25) is 0 Å². The van der Waals surface area contributed by atoms with Crippen LogP contribution < -0.4 is 16.4 Å². The number of hydrogen-bond donors (Lipinski definition) is 5. The van der Waals surface area contributed by atoms with Gasteiger partial charge < -0.3 is 21.5 Å². The third kappa shape index (κ3) is 6.82. The Morgan fingerprint density at radius 2 is 2.07 bits per heavy atom. The number of H-pyrrole nitrogens is 1. The van der Waals surface area contributed by atoms with Gasteiger partial charge in [-0.1, -0.05) is 0 Å². The van der Waals surface area contributed by atoms with Gasteiger partial charge in [0.2, 0.25) is 11.9 Å². The van der Waals surface area contributed by atoms with Crippen molar-refractivity contribution >= 4 is 24.1 Å². The van der Waals surface area contributed by atoms with Gasteiger partial charge in [0.15, 0.2) is 5.82 Å². The summed E-state index contributed by atoms with van der Waals surface area (Å²) in [5, 5.41) is 20.0. The van der Waals surface area contributed by atoms with Gasteiger partial charge in [0, 0.05) is 31.1 Å². The van der Waals surface area contributed by atoms with E-state index >= 15 is 0 Å². The summed E-state index contributed by atoms with van der Waals surface area (Å²) >= 11 is 0. The molecule has 0 aromatic carbocycles. The molecule has 3 rings (SSSR count). The molecular formula is C17H26N8O3. The molecule has 0 bridgehead atoms. The first kappa shape index (κ1) is 21.1. The molecule has 0 radical (unpaired) electrons. The molecule has 6 N–H and O–H groups in total. The lowest BCUT2D eigenvalue weighted by Crippen LogP contribution is -2.37. The average molecular weight is 390 g/mol. The van der Waals surface area contributed by atoms with E-state index in [1.165, 1.54) is 0 Å². The van der Waals surface area contributed by atoms with Gasteiger partial charge in [0.05, 0.1) is 0 Å². The molecule has 2 heterocycles. The standard InChI is InChI=1S/C16H24N8O.CH2O2/c1-10-20-14(24-23-10)7-9-18-15(25)11-2-4-12(5-3-11)21-16-19-8-6-13(17)22-16;2-1-3/h6,8,11-12H,2-5,7,9H2,1H3,(H,18,25)(H,20,23,24)(H3,17,19,21,22);1H,(H,2,3). The number of carboxylic acid groups (broad SMARTS) is 1. The number of anilines is 2. The Kier molecular flexibility index (Phi) is 8.12. The minimum Gasteiger partial charge on any atom is -0.483 e. The van der Waals surface area contributed by atoms with Crippen molar-refractivity contribution in [3.8, 4) is 0 Å². The van der Waals surface area contributed by atoms with Crippen molar-refractivity contribution in [3.63, 3.8) is 0 Å². The van der Waals surface area contributed by atoms with Crippen molar-refractivity contribution in [2.75, 3.05) is 17.6 Å². The largest absolute Gasteiger partial charge is 0.483 e. The summed E-state index contributed by atoms with van der Waals surface area (Å²) in [4.78, 5) is 33.2. The van der Waals surface area contributed by atoms with Crippen LogP contribution in [0.15, 0.2) is 12.3 Å². The third-order valence-electron chi connectivity index (χ3n) is 4.40. The average Bonchev–Trinajstić information content (AvgIpc) is 3.08. The Labute approximate surface area is 162 Å². The van der Waals surface area contributed by atoms with Crippen molar-refractivity contribution in [1.82, 2.24) is 30.5 Å². The number of nitrogens with one attached hydrogen (secondary N) is 3. The Morgan fingerprint density at radius 1 is 1.36 bits per heavy atom. The summed E-state index contributed by atoms with van der Waals surface area (Å²) < 4.78 is 0. The molecule has 0 spiro atoms. The number of nitrogens with two attached hydrogens (primary N) is 1. The molecule has 11 heteroatoms. The first-order valence-electron chi connectivity index (χ1n) is 9.10. The van der Waals surface area contributed by atoms with E-state index in [4.69, 9.17) is 15.6 Å². The highest BCUT2D eigenvalue weighted by Gasteiger charge is 2.26. The molecule has 0 aliphatic heterocycles. The van der Waals surface area contributed by atoms with E-state index in [-0.39, 0.29) is 24.3 Å². The summed E-state index contributed by atoms with van der Waals surface area (Å²) in [5.74, 6) is 2.70. The fraction of sp³-hybridized carbons (Fsp3) is 0.529. The van der Waals surface area contributed by atoms with E-state index in [1.807, 2.05) is 6.92 Å². The van der Waals surface area contributed by atoms with Gasteiger partial charge in [-0.05, 0) is 38.7 Å². The van der Waals surface area contributed by atoms with Crippen LogP contribution in [0.5, 0.6) is 0 Å². The van der Waals surface area contributed by atoms with E-state index < -0.39 is 0 Å². The van der Waals surface area contributed by atoms with Gasteiger partial charge in [-0.3, -0.25) is 14.7 Å². The fourth-order valence-electron chi connectivity index (χ4n) is 3.07. The molecule has 1 saturated carbocycles. The number of rotatable bonds is 6. The zero-order valence-electron chi connectivity index (χ0n) is 15.8. The molecular weight excluding hydrogens is 364 g/mol. The van der Waals surface area contributed by atoms with Gasteiger partial charge in [0.25, 0.3) is 6.47 Å². The second kappa shape index (κ2) is 10.8. The Morgan fingerprint density at radius 3 is 2.68 bits per heavy atom. The number of nitrogen functional groups attached to an aromatic ring is 1. The van der Waals surface area contributed by atoms with Crippen molar-refractivity contribution < 1.29 is 14.7 Å². The minimum absolute atomic E-state index is 0.0636. The summed E-state index contributed by atoms with van der Waals surface area (Å²) in [6.45, 7) is 2.17. The molecule has 1 aliphatic carbocycles. The Bertz CT molecular complexity index is 758. The number of amides is 1. The highest BCUT2D eigenvalue weighted by atomic mass is 16.3. The molecule has 2 aromatic heterocycles. The molecule has 1 fully saturated rings. The number of nitrogens with zero attached hydrogens (tertiary/aromatic N) is 4. The highest BCUT2D eigenvalue weighted by molar-refractivity contribution is 5.78. The quantitative estimate of drug-likeness (QED) is 0.441. The first-order valence-corrected chi connectivity index (χ1v) is 9.10. The third-order valence-corrected chi connectivity index (χ3v) is 4.40. The second-order valence-corrected chi connectivity index (χ2v) is 6.48. The number of hydrogen-bond acceptors (Lipinski definition) is 8. The van der Waals surface area contributed by atoms with Crippen LogP contribution in [0, 0.1) is 12.8 Å². The predicted molar refractivity (Wildman–Crippen MR) is 102 cm³/mol. The van der Waals surface area contributed by atoms with E-state index in [0.29, 0.717) is 24.7 Å². The normalized spacial score (nSPS) is 18.5. The SMILES string of the molecule is Cc1nc(CCNC(=O)C2CCC(Nc3nccc(N)n3)CC2)n[nH]1.O=CO. The van der Waals surface area contributed by atoms with Crippen molar-refractivity contribution in [1.29, 1.82) is 0 Å². The Hall–Kier alpha value is -3.24. The molecule has 2 aromatic rings. The van der Waals surface area contributed by atoms with Crippen LogP contribution in [-0.2, 0) is 16.0 Å². The van der Waals surface area contributed by atoms with E-state index in [0.717, 1.165) is 37.3 Å². The van der Waals surface area contributed by atoms with Crippen LogP contribution in [0.25, 0.3) is 0 Å². The van der Waals surface area contributed by atoms with Gasteiger partial charge in [-0.15, -0.1) is 0 Å². The maximum absolute atomic E-state index is 12.3. The number of carbonyl (C=O) groups excluding carboxylic acids is 1. The van der Waals surface area contributed by atoms with Crippen LogP contribution >= 0.6 is 0 Å². The van der Waals surface area contributed by atoms with Crippen LogP contribution in [-0.4, -0.2) is 55.2 Å². The predicted octanol–water partition coefficient (Wildman–Crippen LogP) is 0.516. The minimum atomic E-state index is -0.250. The fourth-order valence-corrected chi connectivity index (χ4v) is 3.07. The maximum Gasteiger partial charge on any atom is 0.290 e. The molecule has 0 unspecified atom stereocenters. The van der Waals surface area contributed by atoms with Crippen molar-refractivity contribution in [2.24, 2.45) is 5.92 Å². The van der Waals surface area contributed by atoms with Crippen molar-refractivity contribution in [2.45, 2.75) is 45.1 Å². The molecule has 0 saturated heterocycles. The van der Waals surface area contributed by atoms with E-state index in [1.54, 1.807) is 12.3 Å². The van der Waals surface area contributed by atoms with Gasteiger partial charge in [-0.25, -0.2) is 9.97 Å². The topological polar surface area (TPSA) is 172 Å². The number of aromatic amines is 1. The summed E-state index contributed by atoms with van der Waals surface area (Å²) in [6.07, 6.45) is 5.81. The lowest BCUT2D eigenvalue weighted by Gasteiger charge is -2.28. The monoisotopic (exact) mass is 390 g/mol. The lowest BCUT2D eigenvalue weighted by atomic mass is 9.85. The number of aromatic nitrogens is 5. The molecule has 28 heavy (non-hydrogen) atoms. The summed E-state index contributed by atoms with van der Waals surface area (Å²) in [5.41, 5.74) is 5.66. The smallest absolute Gasteiger partial charge is 0.290 e. The van der Waals surface area contributed by atoms with Gasteiger partial charge in [0.1, 0.15) is 11.6 Å². The van der Waals surface area contributed by atoms with Gasteiger partial charge in [-0.2, -0.15) is 10.1 Å². The number of aryl methyl sites for hydroxylation is 1. The molecule has 152 valence electrons. The van der Waals surface area contributed by atoms with Crippen molar-refractivity contribution in [3.05, 3.63) is 23.9 Å². The van der Waals surface area contributed by atoms with Crippen LogP contribution in [0.4, 0.5) is 11.8 Å². The second-order valence-electron chi connectivity index (χ2n) is 6.48. The summed E-state index contributed by atoms with van der Waals surface area (Å²) in [7, 11) is 0. The highest BCUT2D eigenvalue weighted by Crippen LogP contribution is 2.26. The first-order chi connectivity index (χ1) is 13.5. The Balaban J connectivity index is 0.000000878. The van der Waals surface area contributed by atoms with Gasteiger partial charge >= 0.3 is 0 Å². The van der Waals surface area contributed by atoms with E-state index in [2.05, 4.69) is 35.8 Å². The zero-order valence-corrected chi connectivity index (χ0v) is 15.8. The van der Waals surface area contributed by atoms with Crippen LogP contribution in [0.3, 0.4) is 0 Å². The molecule has 1 amide bonds. The lowest BCUT2D eigenvalue weighted by molar-refractivity contribution is -0.126. The van der Waals surface area contributed by atoms with Crippen LogP contribution in [0.1, 0.15) is 37.3 Å². The molecule has 11 nitrogen and oxygen atoms in total.